The van der Waals surface area contributed by atoms with E-state index in [2.05, 4.69) is 50.7 Å². The van der Waals surface area contributed by atoms with Crippen LogP contribution in [-0.2, 0) is 6.54 Å². The zero-order chi connectivity index (χ0) is 13.8. The van der Waals surface area contributed by atoms with Crippen molar-refractivity contribution >= 4 is 0 Å². The Morgan fingerprint density at radius 3 is 2.50 bits per heavy atom. The summed E-state index contributed by atoms with van der Waals surface area (Å²) in [6, 6.07) is 4.66. The lowest BCUT2D eigenvalue weighted by molar-refractivity contribution is 0.0938. The number of hydrogen-bond acceptors (Lipinski definition) is 3. The third kappa shape index (κ3) is 4.07. The molecule has 102 valence electrons. The summed E-state index contributed by atoms with van der Waals surface area (Å²) in [7, 11) is 2.15. The fraction of sp³-hybridized carbons (Fsp3) is 0.667. The average Bonchev–Trinajstić information content (AvgIpc) is 2.28. The summed E-state index contributed by atoms with van der Waals surface area (Å²) in [6.07, 6.45) is 4.73. The van der Waals surface area contributed by atoms with Gasteiger partial charge in [0.05, 0.1) is 0 Å². The van der Waals surface area contributed by atoms with Crippen LogP contribution < -0.4 is 5.73 Å². The Hall–Kier alpha value is -0.930. The van der Waals surface area contributed by atoms with Gasteiger partial charge in [-0.3, -0.25) is 9.88 Å². The van der Waals surface area contributed by atoms with E-state index < -0.39 is 0 Å². The molecule has 3 nitrogen and oxygen atoms in total. The minimum Gasteiger partial charge on any atom is -0.326 e. The van der Waals surface area contributed by atoms with Gasteiger partial charge < -0.3 is 5.73 Å². The molecular weight excluding hydrogens is 222 g/mol. The predicted octanol–water partition coefficient (Wildman–Crippen LogP) is 2.67. The van der Waals surface area contributed by atoms with Crippen molar-refractivity contribution in [2.24, 2.45) is 11.1 Å². The topological polar surface area (TPSA) is 42.1 Å². The summed E-state index contributed by atoms with van der Waals surface area (Å²) in [5, 5.41) is 0. The van der Waals surface area contributed by atoms with Crippen LogP contribution in [0.1, 0.15) is 39.7 Å². The molecule has 0 spiro atoms. The quantitative estimate of drug-likeness (QED) is 0.872. The van der Waals surface area contributed by atoms with Crippen molar-refractivity contribution in [3.8, 4) is 0 Å². The van der Waals surface area contributed by atoms with Crippen LogP contribution in [0.15, 0.2) is 24.5 Å². The van der Waals surface area contributed by atoms with Crippen molar-refractivity contribution in [2.75, 3.05) is 7.05 Å². The Bertz CT molecular complexity index is 343. The molecule has 3 heteroatoms. The van der Waals surface area contributed by atoms with E-state index in [9.17, 15) is 0 Å². The van der Waals surface area contributed by atoms with Crippen LogP contribution in [0, 0.1) is 5.41 Å². The maximum absolute atomic E-state index is 6.30. The van der Waals surface area contributed by atoms with Gasteiger partial charge in [-0.15, -0.1) is 0 Å². The number of nitrogens with zero attached hydrogens (tertiary/aromatic N) is 2. The Morgan fingerprint density at radius 2 is 2.06 bits per heavy atom. The molecular formula is C15H27N3. The zero-order valence-corrected chi connectivity index (χ0v) is 12.4. The first-order chi connectivity index (χ1) is 8.36. The van der Waals surface area contributed by atoms with E-state index >= 15 is 0 Å². The van der Waals surface area contributed by atoms with Gasteiger partial charge in [-0.05, 0) is 30.5 Å². The molecule has 0 amide bonds. The third-order valence-electron chi connectivity index (χ3n) is 3.39. The summed E-state index contributed by atoms with van der Waals surface area (Å²) < 4.78 is 0. The van der Waals surface area contributed by atoms with Crippen LogP contribution in [0.25, 0.3) is 0 Å². The van der Waals surface area contributed by atoms with E-state index in [0.717, 1.165) is 13.0 Å². The first-order valence-corrected chi connectivity index (χ1v) is 6.71. The smallest absolute Gasteiger partial charge is 0.0312 e. The Kier molecular flexibility index (Phi) is 5.29. The van der Waals surface area contributed by atoms with Crippen LogP contribution in [0.2, 0.25) is 0 Å². The minimum atomic E-state index is 0.173. The fourth-order valence-electron chi connectivity index (χ4n) is 2.73. The van der Waals surface area contributed by atoms with Crippen LogP contribution in [0.3, 0.4) is 0 Å². The van der Waals surface area contributed by atoms with E-state index in [1.165, 1.54) is 5.56 Å². The monoisotopic (exact) mass is 249 g/mol. The second-order valence-corrected chi connectivity index (χ2v) is 6.16. The molecule has 0 saturated heterocycles. The van der Waals surface area contributed by atoms with Gasteiger partial charge in [0.25, 0.3) is 0 Å². The average molecular weight is 249 g/mol. The van der Waals surface area contributed by atoms with Gasteiger partial charge in [0.1, 0.15) is 0 Å². The molecule has 0 aromatic carbocycles. The molecule has 1 heterocycles. The van der Waals surface area contributed by atoms with Gasteiger partial charge in [-0.2, -0.15) is 0 Å². The number of likely N-dealkylation sites (N-methyl/N-ethyl adjacent to an activating group) is 1. The minimum absolute atomic E-state index is 0.173. The summed E-state index contributed by atoms with van der Waals surface area (Å²) in [4.78, 5) is 6.52. The second-order valence-electron chi connectivity index (χ2n) is 6.16. The molecule has 1 rings (SSSR count). The van der Waals surface area contributed by atoms with Gasteiger partial charge in [0, 0.05) is 31.0 Å². The normalized spacial score (nSPS) is 15.7. The Morgan fingerprint density at radius 1 is 1.39 bits per heavy atom. The highest BCUT2D eigenvalue weighted by Crippen LogP contribution is 2.27. The molecule has 0 aliphatic heterocycles. The van der Waals surface area contributed by atoms with Crippen LogP contribution in [0.4, 0.5) is 0 Å². The maximum atomic E-state index is 6.30. The number of rotatable bonds is 5. The molecule has 0 aliphatic carbocycles. The summed E-state index contributed by atoms with van der Waals surface area (Å²) >= 11 is 0. The Labute approximate surface area is 111 Å². The van der Waals surface area contributed by atoms with E-state index in [1.54, 1.807) is 0 Å². The summed E-state index contributed by atoms with van der Waals surface area (Å²) in [5.41, 5.74) is 7.71. The van der Waals surface area contributed by atoms with E-state index in [4.69, 9.17) is 5.73 Å². The number of nitrogens with two attached hydrogens (primary N) is 1. The highest BCUT2D eigenvalue weighted by atomic mass is 15.2. The number of pyridine rings is 1. The molecule has 2 N–H and O–H groups in total. The standard InChI is InChI=1S/C15H27N3/c1-6-13(16)14(15(2,3)4)18(5)11-12-8-7-9-17-10-12/h7-10,13-14H,6,11,16H2,1-5H3. The van der Waals surface area contributed by atoms with Crippen molar-refractivity contribution in [3.05, 3.63) is 30.1 Å². The van der Waals surface area contributed by atoms with Gasteiger partial charge in [0.15, 0.2) is 0 Å². The first-order valence-electron chi connectivity index (χ1n) is 6.71. The zero-order valence-electron chi connectivity index (χ0n) is 12.4. The molecule has 2 unspecified atom stereocenters. The van der Waals surface area contributed by atoms with Crippen molar-refractivity contribution in [3.63, 3.8) is 0 Å². The number of hydrogen-bond donors (Lipinski definition) is 1. The lowest BCUT2D eigenvalue weighted by atomic mass is 9.80. The lowest BCUT2D eigenvalue weighted by Gasteiger charge is -2.41. The maximum Gasteiger partial charge on any atom is 0.0312 e. The van der Waals surface area contributed by atoms with Crippen molar-refractivity contribution in [2.45, 2.75) is 52.7 Å². The van der Waals surface area contributed by atoms with E-state index in [-0.39, 0.29) is 11.5 Å². The van der Waals surface area contributed by atoms with Gasteiger partial charge >= 0.3 is 0 Å². The molecule has 18 heavy (non-hydrogen) atoms. The van der Waals surface area contributed by atoms with E-state index in [1.807, 2.05) is 18.5 Å². The van der Waals surface area contributed by atoms with Gasteiger partial charge in [-0.25, -0.2) is 0 Å². The van der Waals surface area contributed by atoms with Crippen LogP contribution in [-0.4, -0.2) is 29.0 Å². The molecule has 0 radical (unpaired) electrons. The Balaban J connectivity index is 2.80. The highest BCUT2D eigenvalue weighted by molar-refractivity contribution is 5.08. The van der Waals surface area contributed by atoms with Gasteiger partial charge in [0.2, 0.25) is 0 Å². The molecule has 1 aromatic rings. The lowest BCUT2D eigenvalue weighted by Crippen LogP contribution is -2.52. The molecule has 0 fully saturated rings. The molecule has 1 aromatic heterocycles. The predicted molar refractivity (Wildman–Crippen MR) is 77.2 cm³/mol. The fourth-order valence-corrected chi connectivity index (χ4v) is 2.73. The molecule has 0 aliphatic rings. The summed E-state index contributed by atoms with van der Waals surface area (Å²) in [6.45, 7) is 9.82. The summed E-state index contributed by atoms with van der Waals surface area (Å²) in [5.74, 6) is 0. The van der Waals surface area contributed by atoms with E-state index in [0.29, 0.717) is 6.04 Å². The van der Waals surface area contributed by atoms with Crippen molar-refractivity contribution in [1.29, 1.82) is 0 Å². The second kappa shape index (κ2) is 6.30. The SMILES string of the molecule is CCC(N)C(N(C)Cc1cccnc1)C(C)(C)C. The highest BCUT2D eigenvalue weighted by Gasteiger charge is 2.32. The van der Waals surface area contributed by atoms with Crippen molar-refractivity contribution < 1.29 is 0 Å². The van der Waals surface area contributed by atoms with Gasteiger partial charge in [-0.1, -0.05) is 33.8 Å². The molecule has 0 bridgehead atoms. The first kappa shape index (κ1) is 15.1. The largest absolute Gasteiger partial charge is 0.326 e. The van der Waals surface area contributed by atoms with Crippen LogP contribution in [0.5, 0.6) is 0 Å². The molecule has 2 atom stereocenters. The third-order valence-corrected chi connectivity index (χ3v) is 3.39. The number of aromatic nitrogens is 1. The van der Waals surface area contributed by atoms with Crippen LogP contribution >= 0.6 is 0 Å². The molecule has 0 saturated carbocycles. The van der Waals surface area contributed by atoms with Crippen molar-refractivity contribution in [1.82, 2.24) is 9.88 Å².